The second kappa shape index (κ2) is 13.9. The number of hydrogen-bond acceptors (Lipinski definition) is 4. The van der Waals surface area contributed by atoms with Crippen molar-refractivity contribution in [3.8, 4) is 0 Å². The van der Waals surface area contributed by atoms with Crippen molar-refractivity contribution in [3.63, 3.8) is 0 Å². The Morgan fingerprint density at radius 2 is 1.79 bits per heavy atom. The van der Waals surface area contributed by atoms with Crippen LogP contribution in [-0.2, 0) is 13.1 Å². The Morgan fingerprint density at radius 3 is 2.52 bits per heavy atom. The molecule has 180 valence electrons. The second-order valence-corrected chi connectivity index (χ2v) is 8.99. The van der Waals surface area contributed by atoms with Crippen molar-refractivity contribution in [3.05, 3.63) is 66.0 Å². The van der Waals surface area contributed by atoms with Crippen LogP contribution in [0.3, 0.4) is 0 Å². The molecule has 6 nitrogen and oxygen atoms in total. The summed E-state index contributed by atoms with van der Waals surface area (Å²) in [6.45, 7) is 9.24. The summed E-state index contributed by atoms with van der Waals surface area (Å²) in [7, 11) is 0. The summed E-state index contributed by atoms with van der Waals surface area (Å²) in [5, 5.41) is 7.17. The SMILES string of the molecule is CCNC(=NCC1CCCN1Cc1ccccc1)NC1CCN(Cc2ccccn2)CC1.I. The van der Waals surface area contributed by atoms with Gasteiger partial charge in [0.25, 0.3) is 0 Å². The van der Waals surface area contributed by atoms with Crippen molar-refractivity contribution in [1.29, 1.82) is 0 Å². The molecule has 0 bridgehead atoms. The minimum absolute atomic E-state index is 0. The molecule has 0 spiro atoms. The van der Waals surface area contributed by atoms with Crippen molar-refractivity contribution in [2.45, 2.75) is 57.8 Å². The lowest BCUT2D eigenvalue weighted by molar-refractivity contribution is 0.196. The molecule has 1 aromatic carbocycles. The van der Waals surface area contributed by atoms with E-state index < -0.39 is 0 Å². The summed E-state index contributed by atoms with van der Waals surface area (Å²) in [4.78, 5) is 14.6. The minimum Gasteiger partial charge on any atom is -0.357 e. The van der Waals surface area contributed by atoms with Crippen LogP contribution in [0.15, 0.2) is 59.7 Å². The first-order valence-corrected chi connectivity index (χ1v) is 12.2. The van der Waals surface area contributed by atoms with Crippen molar-refractivity contribution >= 4 is 29.9 Å². The van der Waals surface area contributed by atoms with Crippen LogP contribution in [0.2, 0.25) is 0 Å². The summed E-state index contributed by atoms with van der Waals surface area (Å²) >= 11 is 0. The molecule has 2 fully saturated rings. The lowest BCUT2D eigenvalue weighted by Crippen LogP contribution is -2.49. The summed E-state index contributed by atoms with van der Waals surface area (Å²) in [5.41, 5.74) is 2.55. The number of guanidine groups is 1. The zero-order valence-corrected chi connectivity index (χ0v) is 22.2. The molecule has 0 saturated carbocycles. The van der Waals surface area contributed by atoms with E-state index in [-0.39, 0.29) is 24.0 Å². The molecule has 2 aromatic rings. The Hall–Kier alpha value is -1.71. The Kier molecular flexibility index (Phi) is 10.9. The number of benzene rings is 1. The van der Waals surface area contributed by atoms with Crippen LogP contribution >= 0.6 is 24.0 Å². The number of hydrogen-bond donors (Lipinski definition) is 2. The van der Waals surface area contributed by atoms with E-state index in [0.29, 0.717) is 12.1 Å². The molecule has 0 aliphatic carbocycles. The first kappa shape index (κ1) is 25.9. The van der Waals surface area contributed by atoms with Gasteiger partial charge in [-0.25, -0.2) is 0 Å². The molecule has 2 N–H and O–H groups in total. The zero-order valence-electron chi connectivity index (χ0n) is 19.8. The first-order valence-electron chi connectivity index (χ1n) is 12.2. The molecule has 4 rings (SSSR count). The standard InChI is InChI=1S/C26H38N6.HI/c1-2-27-26(29-19-25-12-8-16-32(25)20-22-9-4-3-5-10-22)30-23-13-17-31(18-14-23)21-24-11-6-7-15-28-24;/h3-7,9-11,15,23,25H,2,8,12-14,16-21H2,1H3,(H2,27,29,30);1H. The highest BCUT2D eigenvalue weighted by Crippen LogP contribution is 2.20. The molecule has 0 amide bonds. The molecule has 1 unspecified atom stereocenters. The van der Waals surface area contributed by atoms with Gasteiger partial charge in [-0.2, -0.15) is 0 Å². The lowest BCUT2D eigenvalue weighted by atomic mass is 10.0. The third kappa shape index (κ3) is 8.22. The maximum absolute atomic E-state index is 5.00. The molecule has 1 aromatic heterocycles. The first-order chi connectivity index (χ1) is 15.8. The molecule has 2 aliphatic heterocycles. The van der Waals surface area contributed by atoms with E-state index in [1.54, 1.807) is 0 Å². The molecule has 1 atom stereocenters. The number of piperidine rings is 1. The molecular weight excluding hydrogens is 523 g/mol. The Morgan fingerprint density at radius 1 is 1.00 bits per heavy atom. The van der Waals surface area contributed by atoms with Crippen molar-refractivity contribution in [2.24, 2.45) is 4.99 Å². The van der Waals surface area contributed by atoms with Crippen LogP contribution in [0.4, 0.5) is 0 Å². The van der Waals surface area contributed by atoms with Gasteiger partial charge in [0, 0.05) is 51.0 Å². The predicted octanol–water partition coefficient (Wildman–Crippen LogP) is 3.88. The van der Waals surface area contributed by atoms with Crippen LogP contribution in [-0.4, -0.2) is 65.6 Å². The number of rotatable bonds is 8. The third-order valence-electron chi connectivity index (χ3n) is 6.57. The summed E-state index contributed by atoms with van der Waals surface area (Å²) in [5.74, 6) is 0.974. The molecule has 0 radical (unpaired) electrons. The normalized spacial score (nSPS) is 20.4. The van der Waals surface area contributed by atoms with Crippen molar-refractivity contribution < 1.29 is 0 Å². The lowest BCUT2D eigenvalue weighted by Gasteiger charge is -2.33. The highest BCUT2D eigenvalue weighted by molar-refractivity contribution is 14.0. The van der Waals surface area contributed by atoms with E-state index >= 15 is 0 Å². The fraction of sp³-hybridized carbons (Fsp3) is 0.538. The van der Waals surface area contributed by atoms with Gasteiger partial charge in [-0.15, -0.1) is 24.0 Å². The quantitative estimate of drug-likeness (QED) is 0.291. The topological polar surface area (TPSA) is 55.8 Å². The summed E-state index contributed by atoms with van der Waals surface area (Å²) in [6, 6.07) is 18.0. The monoisotopic (exact) mass is 562 g/mol. The zero-order chi connectivity index (χ0) is 22.0. The average molecular weight is 563 g/mol. The molecule has 33 heavy (non-hydrogen) atoms. The van der Waals surface area contributed by atoms with Gasteiger partial charge in [-0.1, -0.05) is 36.4 Å². The van der Waals surface area contributed by atoms with Crippen LogP contribution in [0, 0.1) is 0 Å². The molecular formula is C26H39IN6. The number of likely N-dealkylation sites (tertiary alicyclic amines) is 2. The number of aromatic nitrogens is 1. The van der Waals surface area contributed by atoms with E-state index in [2.05, 4.69) is 74.8 Å². The maximum atomic E-state index is 5.00. The number of halogens is 1. The maximum Gasteiger partial charge on any atom is 0.191 e. The highest BCUT2D eigenvalue weighted by atomic mass is 127. The second-order valence-electron chi connectivity index (χ2n) is 8.99. The Bertz CT molecular complexity index is 823. The smallest absolute Gasteiger partial charge is 0.191 e. The molecule has 7 heteroatoms. The van der Waals surface area contributed by atoms with E-state index in [0.717, 1.165) is 63.8 Å². The van der Waals surface area contributed by atoms with Gasteiger partial charge in [0.2, 0.25) is 0 Å². The van der Waals surface area contributed by atoms with Gasteiger partial charge in [0.15, 0.2) is 5.96 Å². The van der Waals surface area contributed by atoms with Crippen LogP contribution in [0.25, 0.3) is 0 Å². The van der Waals surface area contributed by atoms with Crippen molar-refractivity contribution in [1.82, 2.24) is 25.4 Å². The van der Waals surface area contributed by atoms with Gasteiger partial charge >= 0.3 is 0 Å². The van der Waals surface area contributed by atoms with E-state index in [1.165, 1.54) is 24.9 Å². The fourth-order valence-corrected chi connectivity index (χ4v) is 4.79. The molecule has 3 heterocycles. The molecule has 2 aliphatic rings. The van der Waals surface area contributed by atoms with Gasteiger partial charge in [0.05, 0.1) is 12.2 Å². The minimum atomic E-state index is 0. The number of pyridine rings is 1. The van der Waals surface area contributed by atoms with Crippen LogP contribution in [0.1, 0.15) is 43.9 Å². The fourth-order valence-electron chi connectivity index (χ4n) is 4.79. The van der Waals surface area contributed by atoms with Gasteiger partial charge in [-0.3, -0.25) is 19.8 Å². The largest absolute Gasteiger partial charge is 0.357 e. The number of nitrogens with zero attached hydrogens (tertiary/aromatic N) is 4. The molecule has 2 saturated heterocycles. The summed E-state index contributed by atoms with van der Waals surface area (Å²) < 4.78 is 0. The van der Waals surface area contributed by atoms with Gasteiger partial charge in [-0.05, 0) is 56.8 Å². The Labute approximate surface area is 216 Å². The predicted molar refractivity (Wildman–Crippen MR) is 147 cm³/mol. The van der Waals surface area contributed by atoms with E-state index in [4.69, 9.17) is 4.99 Å². The average Bonchev–Trinajstić information content (AvgIpc) is 3.27. The van der Waals surface area contributed by atoms with E-state index in [9.17, 15) is 0 Å². The van der Waals surface area contributed by atoms with Gasteiger partial charge in [0.1, 0.15) is 0 Å². The van der Waals surface area contributed by atoms with Gasteiger partial charge < -0.3 is 10.6 Å². The van der Waals surface area contributed by atoms with Crippen molar-refractivity contribution in [2.75, 3.05) is 32.7 Å². The van der Waals surface area contributed by atoms with Crippen LogP contribution < -0.4 is 10.6 Å². The number of aliphatic imine (C=N–C) groups is 1. The van der Waals surface area contributed by atoms with E-state index in [1.807, 2.05) is 12.3 Å². The number of nitrogens with one attached hydrogen (secondary N) is 2. The highest BCUT2D eigenvalue weighted by Gasteiger charge is 2.25. The Balaban J connectivity index is 0.00000306. The summed E-state index contributed by atoms with van der Waals surface area (Å²) in [6.07, 6.45) is 6.67. The third-order valence-corrected chi connectivity index (χ3v) is 6.57. The van der Waals surface area contributed by atoms with Crippen LogP contribution in [0.5, 0.6) is 0 Å².